The molecule has 0 aromatic heterocycles. The first-order valence-corrected chi connectivity index (χ1v) is 11.9. The number of hydrogen-bond donors (Lipinski definition) is 0. The highest BCUT2D eigenvalue weighted by Gasteiger charge is 2.29. The third-order valence-electron chi connectivity index (χ3n) is 4.82. The van der Waals surface area contributed by atoms with Gasteiger partial charge in [-0.05, 0) is 52.0 Å². The summed E-state index contributed by atoms with van der Waals surface area (Å²) in [6.45, 7) is 15.9. The smallest absolute Gasteiger partial charge is 0.346 e. The zero-order chi connectivity index (χ0) is 27.4. The fraction of sp³-hybridized carbons (Fsp3) is 0.267. The van der Waals surface area contributed by atoms with Crippen molar-refractivity contribution in [3.8, 4) is 0 Å². The van der Waals surface area contributed by atoms with E-state index in [4.69, 9.17) is 0 Å². The number of ether oxygens (including phenoxy) is 2. The summed E-state index contributed by atoms with van der Waals surface area (Å²) >= 11 is 0. The molecule has 0 saturated carbocycles. The lowest BCUT2D eigenvalue weighted by Gasteiger charge is -1.92. The molecule has 2 aliphatic rings. The van der Waals surface area contributed by atoms with Crippen molar-refractivity contribution in [2.45, 2.75) is 55.4 Å². The molecule has 0 amide bonds. The molecule has 0 radical (unpaired) electrons. The molecule has 36 heavy (non-hydrogen) atoms. The Labute approximate surface area is 213 Å². The molecule has 0 N–H and O–H groups in total. The fourth-order valence-corrected chi connectivity index (χ4v) is 3.04. The lowest BCUT2D eigenvalue weighted by atomic mass is 10.1. The summed E-state index contributed by atoms with van der Waals surface area (Å²) in [4.78, 5) is 43.9. The number of esters is 4. The van der Waals surface area contributed by atoms with Gasteiger partial charge >= 0.3 is 23.9 Å². The number of carbonyl (C=O) groups excluding carboxylic acids is 4. The largest absolute Gasteiger partial charge is 0.386 e. The second kappa shape index (κ2) is 14.4. The van der Waals surface area contributed by atoms with Crippen LogP contribution in [-0.2, 0) is 9.47 Å². The predicted octanol–water partition coefficient (Wildman–Crippen LogP) is 6.97. The van der Waals surface area contributed by atoms with Gasteiger partial charge in [0, 0.05) is 0 Å². The molecule has 0 fully saturated rings. The van der Waals surface area contributed by atoms with E-state index in [1.54, 1.807) is 36.4 Å². The number of cyclic esters (lactones) is 4. The third-order valence-corrected chi connectivity index (χ3v) is 4.82. The van der Waals surface area contributed by atoms with Gasteiger partial charge in [0.2, 0.25) is 0 Å². The first kappa shape index (κ1) is 30.0. The van der Waals surface area contributed by atoms with Crippen molar-refractivity contribution >= 4 is 23.9 Å². The van der Waals surface area contributed by atoms with Crippen LogP contribution in [0, 0.1) is 27.7 Å². The van der Waals surface area contributed by atoms with E-state index in [9.17, 15) is 19.2 Å². The second-order valence-corrected chi connectivity index (χ2v) is 7.61. The standard InChI is InChI=1S/2C9H6O3.C8H10.2C2H6/c2*1-5-2-3-6-7(4-5)9(11)12-8(6)10;1-7-3-5-8(2)6-4-7;2*1-2/h2*2-4H,1H3;3-6H,1-2H3;2*1-2H3. The van der Waals surface area contributed by atoms with E-state index in [-0.39, 0.29) is 0 Å². The van der Waals surface area contributed by atoms with Crippen molar-refractivity contribution in [1.29, 1.82) is 0 Å². The molecule has 2 heterocycles. The van der Waals surface area contributed by atoms with Crippen molar-refractivity contribution in [2.75, 3.05) is 0 Å². The Morgan fingerprint density at radius 2 is 0.639 bits per heavy atom. The van der Waals surface area contributed by atoms with E-state index < -0.39 is 23.9 Å². The first-order chi connectivity index (χ1) is 17.2. The summed E-state index contributed by atoms with van der Waals surface area (Å²) in [5.74, 6) is -2.18. The van der Waals surface area contributed by atoms with Crippen LogP contribution < -0.4 is 0 Å². The molecule has 2 aliphatic heterocycles. The van der Waals surface area contributed by atoms with Crippen LogP contribution >= 0.6 is 0 Å². The van der Waals surface area contributed by atoms with Crippen LogP contribution in [0.1, 0.15) is 91.4 Å². The van der Waals surface area contributed by atoms with Crippen LogP contribution in [0.2, 0.25) is 0 Å². The maximum absolute atomic E-state index is 11.0. The Balaban J connectivity index is 0.000000257. The summed E-state index contributed by atoms with van der Waals surface area (Å²) < 4.78 is 8.82. The van der Waals surface area contributed by atoms with Crippen LogP contribution in [0.5, 0.6) is 0 Å². The van der Waals surface area contributed by atoms with Gasteiger partial charge in [-0.2, -0.15) is 0 Å². The number of benzene rings is 3. The number of carbonyl (C=O) groups is 4. The maximum atomic E-state index is 11.0. The summed E-state index contributed by atoms with van der Waals surface area (Å²) in [5.41, 5.74) is 6.03. The summed E-state index contributed by atoms with van der Waals surface area (Å²) in [6.07, 6.45) is 0. The van der Waals surface area contributed by atoms with Gasteiger partial charge < -0.3 is 9.47 Å². The van der Waals surface area contributed by atoms with Crippen LogP contribution in [0.3, 0.4) is 0 Å². The molecule has 6 heteroatoms. The van der Waals surface area contributed by atoms with Crippen molar-refractivity contribution in [3.63, 3.8) is 0 Å². The highest BCUT2D eigenvalue weighted by Crippen LogP contribution is 2.21. The SMILES string of the molecule is CC.CC.Cc1ccc(C)cc1.Cc1ccc2c(c1)C(=O)OC2=O.Cc1ccc2c(c1)C(=O)OC2=O. The van der Waals surface area contributed by atoms with Gasteiger partial charge in [0.25, 0.3) is 0 Å². The highest BCUT2D eigenvalue weighted by atomic mass is 16.6. The van der Waals surface area contributed by atoms with Gasteiger partial charge in [-0.3, -0.25) is 0 Å². The maximum Gasteiger partial charge on any atom is 0.346 e. The Morgan fingerprint density at radius 1 is 0.389 bits per heavy atom. The number of hydrogen-bond acceptors (Lipinski definition) is 6. The van der Waals surface area contributed by atoms with Gasteiger partial charge in [-0.15, -0.1) is 0 Å². The minimum atomic E-state index is -0.546. The van der Waals surface area contributed by atoms with E-state index in [1.165, 1.54) is 11.1 Å². The Morgan fingerprint density at radius 3 is 0.944 bits per heavy atom. The molecule has 3 aromatic carbocycles. The second-order valence-electron chi connectivity index (χ2n) is 7.61. The van der Waals surface area contributed by atoms with Gasteiger partial charge in [0.05, 0.1) is 22.3 Å². The van der Waals surface area contributed by atoms with Crippen LogP contribution in [0.25, 0.3) is 0 Å². The van der Waals surface area contributed by atoms with Gasteiger partial charge in [-0.1, -0.05) is 86.3 Å². The summed E-state index contributed by atoms with van der Waals surface area (Å²) in [7, 11) is 0. The summed E-state index contributed by atoms with van der Waals surface area (Å²) in [5, 5.41) is 0. The number of aryl methyl sites for hydroxylation is 4. The monoisotopic (exact) mass is 490 g/mol. The Kier molecular flexibility index (Phi) is 12.0. The van der Waals surface area contributed by atoms with Crippen molar-refractivity contribution < 1.29 is 28.7 Å². The molecule has 0 aliphatic carbocycles. The molecule has 0 saturated heterocycles. The van der Waals surface area contributed by atoms with Crippen molar-refractivity contribution in [3.05, 3.63) is 105 Å². The highest BCUT2D eigenvalue weighted by molar-refractivity contribution is 6.15. The molecule has 0 unspecified atom stereocenters. The third kappa shape index (κ3) is 8.01. The van der Waals surface area contributed by atoms with Crippen LogP contribution in [0.4, 0.5) is 0 Å². The molecular weight excluding hydrogens is 456 g/mol. The van der Waals surface area contributed by atoms with E-state index in [2.05, 4.69) is 47.6 Å². The normalized spacial score (nSPS) is 12.0. The average molecular weight is 491 g/mol. The van der Waals surface area contributed by atoms with E-state index in [0.717, 1.165) is 11.1 Å². The van der Waals surface area contributed by atoms with E-state index in [0.29, 0.717) is 22.3 Å². The van der Waals surface area contributed by atoms with Crippen molar-refractivity contribution in [1.82, 2.24) is 0 Å². The lowest BCUT2D eigenvalue weighted by Crippen LogP contribution is -1.96. The molecular formula is C30H34O6. The first-order valence-electron chi connectivity index (χ1n) is 11.9. The molecule has 0 spiro atoms. The number of fused-ring (bicyclic) bond motifs is 2. The predicted molar refractivity (Wildman–Crippen MR) is 140 cm³/mol. The summed E-state index contributed by atoms with van der Waals surface area (Å²) in [6, 6.07) is 18.6. The minimum absolute atomic E-state index is 0.366. The molecule has 190 valence electrons. The zero-order valence-electron chi connectivity index (χ0n) is 22.2. The zero-order valence-corrected chi connectivity index (χ0v) is 22.2. The molecule has 3 aromatic rings. The Bertz CT molecular complexity index is 1130. The Hall–Kier alpha value is -4.06. The quantitative estimate of drug-likeness (QED) is 0.250. The molecule has 5 rings (SSSR count). The fourth-order valence-electron chi connectivity index (χ4n) is 3.04. The molecule has 0 atom stereocenters. The van der Waals surface area contributed by atoms with Gasteiger partial charge in [0.15, 0.2) is 0 Å². The van der Waals surface area contributed by atoms with Crippen molar-refractivity contribution in [2.24, 2.45) is 0 Å². The topological polar surface area (TPSA) is 86.7 Å². The van der Waals surface area contributed by atoms with Crippen LogP contribution in [0.15, 0.2) is 60.7 Å². The van der Waals surface area contributed by atoms with E-state index >= 15 is 0 Å². The molecule has 0 bridgehead atoms. The minimum Gasteiger partial charge on any atom is -0.386 e. The van der Waals surface area contributed by atoms with Crippen LogP contribution in [-0.4, -0.2) is 23.9 Å². The number of rotatable bonds is 0. The van der Waals surface area contributed by atoms with Gasteiger partial charge in [-0.25, -0.2) is 19.2 Å². The van der Waals surface area contributed by atoms with E-state index in [1.807, 2.05) is 41.5 Å². The lowest BCUT2D eigenvalue weighted by molar-refractivity contribution is 0.0425. The molecule has 6 nitrogen and oxygen atoms in total. The van der Waals surface area contributed by atoms with Gasteiger partial charge in [0.1, 0.15) is 0 Å². The average Bonchev–Trinajstić information content (AvgIpc) is 3.32.